The van der Waals surface area contributed by atoms with Crippen molar-refractivity contribution in [1.82, 2.24) is 19.6 Å². The monoisotopic (exact) mass is 1360 g/mol. The highest BCUT2D eigenvalue weighted by molar-refractivity contribution is 6.26. The lowest BCUT2D eigenvalue weighted by atomic mass is 9.43. The molecular weight excluding hydrogens is 1260 g/mol. The highest BCUT2D eigenvalue weighted by Crippen LogP contribution is 2.76. The largest absolute Gasteiger partial charge is 0.391 e. The number of ketones is 2. The summed E-state index contributed by atoms with van der Waals surface area (Å²) in [5.74, 6) is 2.16. The number of allylic oxidation sites excluding steroid dienone is 2. The summed E-state index contributed by atoms with van der Waals surface area (Å²) in [6.07, 6.45) is 25.0. The van der Waals surface area contributed by atoms with Gasteiger partial charge in [-0.15, -0.1) is 23.2 Å². The van der Waals surface area contributed by atoms with E-state index in [-0.39, 0.29) is 39.9 Å². The Morgan fingerprint density at radius 2 is 0.960 bits per heavy atom. The Morgan fingerprint density at radius 1 is 0.545 bits per heavy atom. The quantitative estimate of drug-likeness (QED) is 0.0931. The second-order valence-corrected chi connectivity index (χ2v) is 34.2. The summed E-state index contributed by atoms with van der Waals surface area (Å²) in [5.41, 5.74) is 17.2. The topological polar surface area (TPSA) is 110 Å². The zero-order valence-corrected chi connectivity index (χ0v) is 62.6. The fourth-order valence-electron chi connectivity index (χ4n) is 21.8. The first kappa shape index (κ1) is 70.7. The van der Waals surface area contributed by atoms with Crippen molar-refractivity contribution in [2.45, 2.75) is 202 Å². The molecule has 0 bridgehead atoms. The van der Waals surface area contributed by atoms with Crippen molar-refractivity contribution < 1.29 is 19.8 Å². The van der Waals surface area contributed by atoms with Crippen LogP contribution in [0.15, 0.2) is 151 Å². The molecule has 10 heteroatoms. The molecule has 6 fully saturated rings. The first-order valence-corrected chi connectivity index (χ1v) is 37.9. The summed E-state index contributed by atoms with van der Waals surface area (Å²) in [4.78, 5) is 25.4. The number of fused-ring (bicyclic) bond motifs is 12. The van der Waals surface area contributed by atoms with Gasteiger partial charge in [0, 0.05) is 34.5 Å². The summed E-state index contributed by atoms with van der Waals surface area (Å²) in [5, 5.41) is 34.2. The van der Waals surface area contributed by atoms with Crippen LogP contribution in [0.25, 0.3) is 41.8 Å². The number of hydrogen-bond acceptors (Lipinski definition) is 6. The molecule has 16 atom stereocenters. The van der Waals surface area contributed by atoms with Crippen LogP contribution in [0.2, 0.25) is 0 Å². The first-order chi connectivity index (χ1) is 47.1. The molecule has 99 heavy (non-hydrogen) atoms. The van der Waals surface area contributed by atoms with E-state index in [0.29, 0.717) is 49.1 Å². The molecule has 2 aromatic heterocycles. The predicted octanol–water partition coefficient (Wildman–Crippen LogP) is 20.4. The number of aryl methyl sites for hydroxylation is 5. The Balaban J connectivity index is 0.000000158. The number of benzene rings is 5. The third-order valence-corrected chi connectivity index (χ3v) is 30.1. The fraction of sp³-hybridized carbons (Fsp3) is 0.483. The van der Waals surface area contributed by atoms with Crippen molar-refractivity contribution in [3.8, 4) is 11.4 Å². The van der Waals surface area contributed by atoms with Crippen LogP contribution in [0.4, 0.5) is 0 Å². The van der Waals surface area contributed by atoms with Crippen LogP contribution in [0.1, 0.15) is 200 Å². The molecular formula is C89H106Cl2N4O4. The van der Waals surface area contributed by atoms with Gasteiger partial charge in [0.2, 0.25) is 0 Å². The molecule has 15 rings (SSSR count). The van der Waals surface area contributed by atoms with Crippen LogP contribution in [0.3, 0.4) is 0 Å². The van der Waals surface area contributed by atoms with E-state index in [1.54, 1.807) is 0 Å². The van der Waals surface area contributed by atoms with Crippen molar-refractivity contribution in [3.05, 3.63) is 218 Å². The highest BCUT2D eigenvalue weighted by Gasteiger charge is 2.75. The summed E-state index contributed by atoms with van der Waals surface area (Å²) >= 11 is 15.8. The van der Waals surface area contributed by atoms with E-state index in [2.05, 4.69) is 238 Å². The number of carbonyl (C=O) groups is 2. The maximum atomic E-state index is 13.5. The molecule has 8 aliphatic carbocycles. The molecule has 8 nitrogen and oxygen atoms in total. The van der Waals surface area contributed by atoms with Gasteiger partial charge in [-0.2, -0.15) is 10.2 Å². The number of aliphatic hydroxyl groups is 2. The van der Waals surface area contributed by atoms with E-state index in [9.17, 15) is 19.8 Å². The minimum Gasteiger partial charge on any atom is -0.391 e. The molecule has 0 radical (unpaired) electrons. The third kappa shape index (κ3) is 11.2. The summed E-state index contributed by atoms with van der Waals surface area (Å²) in [6.45, 7) is 32.0. The normalized spacial score (nSPS) is 34.4. The molecule has 2 heterocycles. The second kappa shape index (κ2) is 26.3. The van der Waals surface area contributed by atoms with Crippen LogP contribution in [-0.2, 0) is 35.3 Å². The third-order valence-electron chi connectivity index (χ3n) is 28.2. The van der Waals surface area contributed by atoms with E-state index in [1.807, 2.05) is 32.3 Å². The van der Waals surface area contributed by atoms with Gasteiger partial charge in [-0.3, -0.25) is 9.59 Å². The van der Waals surface area contributed by atoms with Gasteiger partial charge in [-0.1, -0.05) is 219 Å². The second-order valence-electron chi connectivity index (χ2n) is 32.9. The number of carbonyl (C=O) groups excluding carboxylic acids is 2. The molecule has 2 N–H and O–H groups in total. The average Bonchev–Trinajstić information content (AvgIpc) is 1.63. The zero-order chi connectivity index (χ0) is 70.6. The number of Topliss-reactive ketones (excluding diaryl/α,β-unsaturated/α-hetero) is 2. The Hall–Kier alpha value is -6.68. The van der Waals surface area contributed by atoms with Crippen LogP contribution >= 0.6 is 23.2 Å². The maximum absolute atomic E-state index is 13.5. The highest BCUT2D eigenvalue weighted by atomic mass is 35.5. The molecule has 520 valence electrons. The Kier molecular flexibility index (Phi) is 18.8. The van der Waals surface area contributed by atoms with Gasteiger partial charge in [0.15, 0.2) is 0 Å². The number of aliphatic hydroxyl groups excluding tert-OH is 2. The molecule has 0 amide bonds. The van der Waals surface area contributed by atoms with E-state index >= 15 is 0 Å². The van der Waals surface area contributed by atoms with Crippen molar-refractivity contribution in [3.63, 3.8) is 0 Å². The standard InChI is InChI=1S/C40H49ClN2O2.C40H47ClN2O2.C9H10/c2*1-7-35(44)39(6)26(3)19-33-32-18-17-30-21-34-29(22-37(30,4)40(32,41)36(45)23-38(33,39)5)24-42-43(34)31-10-8-9-28(20-31)16-15-27-13-11-25(2)12-14-27;1-3-9-6-4-8(2)5-7-9/h8-14,20-21,24,26,32-33,36,45H,7,15-19,22-23H2,1-6H3;8-16,20-21,24,26,32-33,36,45H,7,17-19,22-23H2,1-6H3;3-7H,1H2,2H3/b;16-15+;/t2*26-,32-,33-,36-,37-,38-,39+,40-;/m00./s1. The number of aromatic nitrogens is 4. The SMILES string of the molecule is C=Cc1ccc(C)cc1.CCC(=O)[C@@]1(C)[C@@H](C)C[C@H]2[C@@H]3CCC4=Cc5c(cnn5-c5cccc(/C=C/c6ccc(C)cc6)c5)C[C@]4(C)[C@@]3(Cl)[C@@H](O)C[C@@]21C.CCC(=O)[C@@]1(C)[C@@H](C)C[C@H]2[C@@H]3CCC4=Cc5c(cnn5-c5cccc(CCc6ccc(C)cc6)c5)C[C@]4(C)[C@@]3(Cl)[C@@H](O)C[C@@]21C. The Bertz CT molecular complexity index is 4330. The van der Waals surface area contributed by atoms with Crippen LogP contribution in [-0.4, -0.2) is 63.3 Å². The lowest BCUT2D eigenvalue weighted by Crippen LogP contribution is -2.68. The van der Waals surface area contributed by atoms with Gasteiger partial charge >= 0.3 is 0 Å². The van der Waals surface area contributed by atoms with Crippen molar-refractivity contribution >= 4 is 65.1 Å². The summed E-state index contributed by atoms with van der Waals surface area (Å²) < 4.78 is 4.16. The van der Waals surface area contributed by atoms with Crippen LogP contribution in [0.5, 0.6) is 0 Å². The fourth-order valence-corrected chi connectivity index (χ4v) is 22.8. The molecule has 8 aliphatic rings. The number of nitrogens with zero attached hydrogens (tertiary/aromatic N) is 4. The van der Waals surface area contributed by atoms with Gasteiger partial charge in [-0.05, 0) is 220 Å². The summed E-state index contributed by atoms with van der Waals surface area (Å²) in [7, 11) is 0. The van der Waals surface area contributed by atoms with Crippen LogP contribution in [0, 0.1) is 88.8 Å². The lowest BCUT2D eigenvalue weighted by molar-refractivity contribution is -0.153. The minimum absolute atomic E-state index is 0.151. The van der Waals surface area contributed by atoms with Crippen LogP contribution < -0.4 is 0 Å². The molecule has 5 aromatic carbocycles. The molecule has 0 unspecified atom stereocenters. The lowest BCUT2D eigenvalue weighted by Gasteiger charge is -2.65. The first-order valence-electron chi connectivity index (χ1n) is 37.1. The minimum atomic E-state index is -0.790. The number of hydrogen-bond donors (Lipinski definition) is 2. The molecule has 7 aromatic rings. The van der Waals surface area contributed by atoms with E-state index in [0.717, 1.165) is 92.5 Å². The average molecular weight is 1370 g/mol. The van der Waals surface area contributed by atoms with Crippen molar-refractivity contribution in [1.29, 1.82) is 0 Å². The predicted molar refractivity (Wildman–Crippen MR) is 408 cm³/mol. The number of rotatable bonds is 12. The molecule has 0 aliphatic heterocycles. The van der Waals surface area contributed by atoms with Gasteiger partial charge in [0.1, 0.15) is 11.6 Å². The maximum Gasteiger partial charge on any atom is 0.139 e. The van der Waals surface area contributed by atoms with Crippen molar-refractivity contribution in [2.24, 2.45) is 68.0 Å². The smallest absolute Gasteiger partial charge is 0.139 e. The van der Waals surface area contributed by atoms with Crippen molar-refractivity contribution in [2.75, 3.05) is 0 Å². The van der Waals surface area contributed by atoms with Gasteiger partial charge in [0.25, 0.3) is 0 Å². The van der Waals surface area contributed by atoms with Gasteiger partial charge in [0.05, 0.1) is 57.1 Å². The van der Waals surface area contributed by atoms with Gasteiger partial charge < -0.3 is 10.2 Å². The molecule has 0 spiro atoms. The summed E-state index contributed by atoms with van der Waals surface area (Å²) in [6, 6.07) is 42.9. The van der Waals surface area contributed by atoms with E-state index < -0.39 is 38.2 Å². The Morgan fingerprint density at radius 3 is 1.41 bits per heavy atom. The number of alkyl halides is 2. The van der Waals surface area contributed by atoms with E-state index in [4.69, 9.17) is 33.4 Å². The van der Waals surface area contributed by atoms with Gasteiger partial charge in [-0.25, -0.2) is 9.36 Å². The number of halogens is 2. The molecule has 0 saturated heterocycles. The molecule has 6 saturated carbocycles. The van der Waals surface area contributed by atoms with E-state index in [1.165, 1.54) is 61.2 Å². The zero-order valence-electron chi connectivity index (χ0n) is 61.1. The Labute approximate surface area is 600 Å².